The summed E-state index contributed by atoms with van der Waals surface area (Å²) < 4.78 is 49.8. The van der Waals surface area contributed by atoms with E-state index >= 15 is 0 Å². The Kier molecular flexibility index (Phi) is 6.31. The van der Waals surface area contributed by atoms with Crippen LogP contribution in [-0.4, -0.2) is 47.0 Å². The van der Waals surface area contributed by atoms with E-state index in [1.54, 1.807) is 29.2 Å². The quantitative estimate of drug-likeness (QED) is 0.404. The zero-order valence-corrected chi connectivity index (χ0v) is 20.5. The minimum absolute atomic E-state index is 0.0132. The van der Waals surface area contributed by atoms with Crippen molar-refractivity contribution >= 4 is 11.1 Å². The Labute approximate surface area is 213 Å². The van der Waals surface area contributed by atoms with Gasteiger partial charge in [-0.15, -0.1) is 0 Å². The molecule has 5 nitrogen and oxygen atoms in total. The van der Waals surface area contributed by atoms with E-state index in [0.29, 0.717) is 24.6 Å². The van der Waals surface area contributed by atoms with E-state index in [2.05, 4.69) is 0 Å². The van der Waals surface area contributed by atoms with E-state index < -0.39 is 18.2 Å². The second-order valence-corrected chi connectivity index (χ2v) is 9.75. The standard InChI is InChI=1S/C29H28F3NO4/c1-18-25-12-9-22(35)15-26(25)37-28(2,27(18)19-3-7-21(34)8-4-19)20-5-10-23(11-6-20)36-24-16-33(17-24)14-13-29(30,31)32/h3-12,15,24,34-35H,13-14,16-17H2,1-2H3/t28-/m0/s1. The fraction of sp³-hybridized carbons (Fsp3) is 0.310. The van der Waals surface area contributed by atoms with Crippen LogP contribution in [0.2, 0.25) is 0 Å². The van der Waals surface area contributed by atoms with Crippen LogP contribution in [0.1, 0.15) is 37.0 Å². The smallest absolute Gasteiger partial charge is 0.390 e. The van der Waals surface area contributed by atoms with Gasteiger partial charge in [-0.2, -0.15) is 13.2 Å². The number of halogens is 3. The highest BCUT2D eigenvalue weighted by molar-refractivity contribution is 5.97. The monoisotopic (exact) mass is 511 g/mol. The molecule has 0 amide bonds. The van der Waals surface area contributed by atoms with E-state index in [9.17, 15) is 23.4 Å². The second kappa shape index (κ2) is 9.34. The van der Waals surface area contributed by atoms with Gasteiger partial charge in [0.25, 0.3) is 0 Å². The Bertz CT molecular complexity index is 1310. The predicted molar refractivity (Wildman–Crippen MR) is 135 cm³/mol. The van der Waals surface area contributed by atoms with Gasteiger partial charge in [-0.1, -0.05) is 24.3 Å². The maximum Gasteiger partial charge on any atom is 0.390 e. The first-order valence-corrected chi connectivity index (χ1v) is 12.1. The Hall–Kier alpha value is -3.65. The van der Waals surface area contributed by atoms with Gasteiger partial charge in [-0.3, -0.25) is 4.90 Å². The summed E-state index contributed by atoms with van der Waals surface area (Å²) in [6, 6.07) is 19.5. The van der Waals surface area contributed by atoms with Gasteiger partial charge in [0.2, 0.25) is 0 Å². The molecule has 3 aromatic rings. The summed E-state index contributed by atoms with van der Waals surface area (Å²) in [7, 11) is 0. The highest BCUT2D eigenvalue weighted by Gasteiger charge is 2.40. The first kappa shape index (κ1) is 25.0. The molecule has 2 aliphatic rings. The number of phenolic OH excluding ortho intramolecular Hbond substituents is 2. The lowest BCUT2D eigenvalue weighted by Gasteiger charge is -2.40. The van der Waals surface area contributed by atoms with Crippen molar-refractivity contribution < 1.29 is 32.9 Å². The van der Waals surface area contributed by atoms with E-state index in [1.807, 2.05) is 56.3 Å². The molecule has 5 rings (SSSR count). The average Bonchev–Trinajstić information content (AvgIpc) is 2.81. The molecule has 0 bridgehead atoms. The first-order valence-electron chi connectivity index (χ1n) is 12.1. The molecule has 0 aliphatic carbocycles. The third kappa shape index (κ3) is 5.11. The zero-order valence-electron chi connectivity index (χ0n) is 20.5. The van der Waals surface area contributed by atoms with Gasteiger partial charge in [-0.05, 0) is 66.9 Å². The van der Waals surface area contributed by atoms with Crippen molar-refractivity contribution in [1.29, 1.82) is 0 Å². The molecule has 37 heavy (non-hydrogen) atoms. The maximum atomic E-state index is 12.4. The number of alkyl halides is 3. The molecule has 1 atom stereocenters. The van der Waals surface area contributed by atoms with E-state index in [1.165, 1.54) is 0 Å². The van der Waals surface area contributed by atoms with Crippen LogP contribution in [0.15, 0.2) is 66.7 Å². The average molecular weight is 512 g/mol. The molecule has 1 fully saturated rings. The van der Waals surface area contributed by atoms with E-state index in [0.717, 1.165) is 27.8 Å². The van der Waals surface area contributed by atoms with Crippen LogP contribution < -0.4 is 9.47 Å². The molecule has 0 unspecified atom stereocenters. The number of rotatable bonds is 6. The topological polar surface area (TPSA) is 62.2 Å². The molecule has 1 saturated heterocycles. The molecule has 2 heterocycles. The van der Waals surface area contributed by atoms with Crippen molar-refractivity contribution in [2.75, 3.05) is 19.6 Å². The normalized spacial score (nSPS) is 20.2. The predicted octanol–water partition coefficient (Wildman–Crippen LogP) is 6.35. The van der Waals surface area contributed by atoms with Gasteiger partial charge < -0.3 is 19.7 Å². The summed E-state index contributed by atoms with van der Waals surface area (Å²) in [5.74, 6) is 1.47. The molecule has 8 heteroatoms. The number of hydrogen-bond acceptors (Lipinski definition) is 5. The number of likely N-dealkylation sites (tertiary alicyclic amines) is 1. The van der Waals surface area contributed by atoms with Crippen LogP contribution in [0.3, 0.4) is 0 Å². The molecule has 0 spiro atoms. The lowest BCUT2D eigenvalue weighted by Crippen LogP contribution is -2.54. The number of nitrogens with zero attached hydrogens (tertiary/aromatic N) is 1. The summed E-state index contributed by atoms with van der Waals surface area (Å²) in [5, 5.41) is 19.9. The van der Waals surface area contributed by atoms with Crippen molar-refractivity contribution in [3.05, 3.63) is 83.4 Å². The zero-order chi connectivity index (χ0) is 26.4. The van der Waals surface area contributed by atoms with Crippen LogP contribution >= 0.6 is 0 Å². The molecule has 2 N–H and O–H groups in total. The maximum absolute atomic E-state index is 12.4. The van der Waals surface area contributed by atoms with Crippen LogP contribution in [0.25, 0.3) is 11.1 Å². The molecule has 0 radical (unpaired) electrons. The number of benzene rings is 3. The van der Waals surface area contributed by atoms with Gasteiger partial charge >= 0.3 is 6.18 Å². The molecule has 0 saturated carbocycles. The summed E-state index contributed by atoms with van der Waals surface area (Å²) in [6.07, 6.45) is -5.11. The molecule has 194 valence electrons. The summed E-state index contributed by atoms with van der Waals surface area (Å²) in [4.78, 5) is 1.73. The Balaban J connectivity index is 1.39. The molecule has 0 aromatic heterocycles. The van der Waals surface area contributed by atoms with Crippen LogP contribution in [-0.2, 0) is 5.60 Å². The Morgan fingerprint density at radius 1 is 0.973 bits per heavy atom. The minimum Gasteiger partial charge on any atom is -0.508 e. The van der Waals surface area contributed by atoms with Gasteiger partial charge in [0.15, 0.2) is 5.60 Å². The largest absolute Gasteiger partial charge is 0.508 e. The summed E-state index contributed by atoms with van der Waals surface area (Å²) in [5.41, 5.74) is 3.63. The molecular formula is C29H28F3NO4. The highest BCUT2D eigenvalue weighted by atomic mass is 19.4. The highest BCUT2D eigenvalue weighted by Crippen LogP contribution is 2.51. The fourth-order valence-corrected chi connectivity index (χ4v) is 5.10. The van der Waals surface area contributed by atoms with Crippen molar-refractivity contribution in [2.24, 2.45) is 0 Å². The molecular weight excluding hydrogens is 483 g/mol. The van der Waals surface area contributed by atoms with Gasteiger partial charge in [0.05, 0.1) is 6.42 Å². The van der Waals surface area contributed by atoms with Gasteiger partial charge in [0.1, 0.15) is 29.1 Å². The van der Waals surface area contributed by atoms with Gasteiger partial charge in [-0.25, -0.2) is 0 Å². The third-order valence-electron chi connectivity index (χ3n) is 7.03. The number of allylic oxidation sites excluding steroid dienone is 1. The van der Waals surface area contributed by atoms with Gasteiger partial charge in [0, 0.05) is 36.8 Å². The van der Waals surface area contributed by atoms with Crippen LogP contribution in [0, 0.1) is 0 Å². The van der Waals surface area contributed by atoms with E-state index in [4.69, 9.17) is 9.47 Å². The lowest BCUT2D eigenvalue weighted by atomic mass is 9.77. The molecule has 2 aliphatic heterocycles. The second-order valence-electron chi connectivity index (χ2n) is 9.75. The number of aromatic hydroxyl groups is 2. The van der Waals surface area contributed by atoms with E-state index in [-0.39, 0.29) is 24.1 Å². The fourth-order valence-electron chi connectivity index (χ4n) is 5.10. The Morgan fingerprint density at radius 2 is 1.62 bits per heavy atom. The first-order chi connectivity index (χ1) is 17.5. The van der Waals surface area contributed by atoms with Crippen molar-refractivity contribution in [3.8, 4) is 23.0 Å². The summed E-state index contributed by atoms with van der Waals surface area (Å²) in [6.45, 7) is 4.89. The number of phenols is 2. The summed E-state index contributed by atoms with van der Waals surface area (Å²) >= 11 is 0. The van der Waals surface area contributed by atoms with Crippen LogP contribution in [0.4, 0.5) is 13.2 Å². The number of ether oxygens (including phenoxy) is 2. The van der Waals surface area contributed by atoms with Crippen molar-refractivity contribution in [1.82, 2.24) is 4.90 Å². The number of hydrogen-bond donors (Lipinski definition) is 2. The minimum atomic E-state index is -4.15. The third-order valence-corrected chi connectivity index (χ3v) is 7.03. The lowest BCUT2D eigenvalue weighted by molar-refractivity contribution is -0.142. The molecule has 3 aromatic carbocycles. The number of fused-ring (bicyclic) bond motifs is 1. The van der Waals surface area contributed by atoms with Crippen LogP contribution in [0.5, 0.6) is 23.0 Å². The van der Waals surface area contributed by atoms with Crippen molar-refractivity contribution in [3.63, 3.8) is 0 Å². The SMILES string of the molecule is CC1=C(c2ccc(O)cc2)[C@](C)(c2ccc(OC3CN(CCC(F)(F)F)C3)cc2)Oc2cc(O)ccc21. The van der Waals surface area contributed by atoms with Crippen molar-refractivity contribution in [2.45, 2.75) is 38.1 Å². The Morgan fingerprint density at radius 3 is 2.27 bits per heavy atom.